The lowest BCUT2D eigenvalue weighted by Crippen LogP contribution is -2.40. The van der Waals surface area contributed by atoms with Crippen molar-refractivity contribution in [1.29, 1.82) is 0 Å². The molecule has 1 heterocycles. The Hall–Kier alpha value is -2.15. The summed E-state index contributed by atoms with van der Waals surface area (Å²) in [5, 5.41) is 17.1. The molecular formula is C14H19N3O4. The van der Waals surface area contributed by atoms with Gasteiger partial charge in [0.15, 0.2) is 5.75 Å². The molecule has 0 bridgehead atoms. The first kappa shape index (κ1) is 15.2. The molecule has 1 aliphatic rings. The van der Waals surface area contributed by atoms with E-state index in [9.17, 15) is 14.9 Å². The fraction of sp³-hybridized carbons (Fsp3) is 0.500. The minimum absolute atomic E-state index is 0.0844. The molecule has 114 valence electrons. The predicted molar refractivity (Wildman–Crippen MR) is 77.6 cm³/mol. The molecule has 0 radical (unpaired) electrons. The highest BCUT2D eigenvalue weighted by atomic mass is 16.6. The van der Waals surface area contributed by atoms with Gasteiger partial charge in [-0.3, -0.25) is 14.9 Å². The maximum atomic E-state index is 12.2. The Morgan fingerprint density at radius 2 is 2.29 bits per heavy atom. The van der Waals surface area contributed by atoms with E-state index in [0.717, 1.165) is 32.4 Å². The van der Waals surface area contributed by atoms with Crippen LogP contribution in [0, 0.1) is 10.1 Å². The molecule has 2 N–H and O–H groups in total. The number of nitrogens with one attached hydrogen (secondary N) is 2. The van der Waals surface area contributed by atoms with Crippen LogP contribution in [0.4, 0.5) is 5.69 Å². The highest BCUT2D eigenvalue weighted by molar-refractivity contribution is 5.95. The Balaban J connectivity index is 2.09. The van der Waals surface area contributed by atoms with Crippen LogP contribution in [0.2, 0.25) is 0 Å². The van der Waals surface area contributed by atoms with Crippen LogP contribution in [-0.2, 0) is 0 Å². The Kier molecular flexibility index (Phi) is 5.10. The van der Waals surface area contributed by atoms with Crippen molar-refractivity contribution in [1.82, 2.24) is 10.6 Å². The van der Waals surface area contributed by atoms with Crippen molar-refractivity contribution in [2.24, 2.45) is 0 Å². The third-order valence-electron chi connectivity index (χ3n) is 3.52. The van der Waals surface area contributed by atoms with Crippen molar-refractivity contribution in [3.8, 4) is 5.75 Å². The number of benzene rings is 1. The number of nitro benzene ring substituents is 1. The lowest BCUT2D eigenvalue weighted by atomic mass is 10.1. The molecule has 1 saturated heterocycles. The molecule has 0 saturated carbocycles. The minimum atomic E-state index is -0.532. The molecule has 1 unspecified atom stereocenters. The Bertz CT molecular complexity index is 525. The van der Waals surface area contributed by atoms with Gasteiger partial charge in [-0.1, -0.05) is 6.42 Å². The Morgan fingerprint density at radius 1 is 1.48 bits per heavy atom. The molecule has 21 heavy (non-hydrogen) atoms. The predicted octanol–water partition coefficient (Wildman–Crippen LogP) is 1.48. The van der Waals surface area contributed by atoms with Crippen molar-refractivity contribution >= 4 is 11.6 Å². The number of rotatable bonds is 4. The summed E-state index contributed by atoms with van der Waals surface area (Å²) in [5.74, 6) is -0.150. The van der Waals surface area contributed by atoms with Gasteiger partial charge in [-0.2, -0.15) is 0 Å². The van der Waals surface area contributed by atoms with Gasteiger partial charge >= 0.3 is 5.69 Å². The molecule has 1 amide bonds. The summed E-state index contributed by atoms with van der Waals surface area (Å²) in [7, 11) is 1.35. The third kappa shape index (κ3) is 3.91. The van der Waals surface area contributed by atoms with E-state index >= 15 is 0 Å². The van der Waals surface area contributed by atoms with Crippen LogP contribution in [0.3, 0.4) is 0 Å². The van der Waals surface area contributed by atoms with E-state index in [0.29, 0.717) is 5.56 Å². The van der Waals surface area contributed by atoms with Crippen LogP contribution in [0.5, 0.6) is 5.75 Å². The Morgan fingerprint density at radius 3 is 3.00 bits per heavy atom. The second-order valence-electron chi connectivity index (χ2n) is 5.01. The highest BCUT2D eigenvalue weighted by Gasteiger charge is 2.19. The summed E-state index contributed by atoms with van der Waals surface area (Å²) < 4.78 is 4.97. The fourth-order valence-corrected chi connectivity index (χ4v) is 2.38. The van der Waals surface area contributed by atoms with Crippen molar-refractivity contribution < 1.29 is 14.5 Å². The van der Waals surface area contributed by atoms with Crippen molar-refractivity contribution in [2.75, 3.05) is 20.2 Å². The average molecular weight is 293 g/mol. The molecule has 1 aromatic rings. The molecule has 1 atom stereocenters. The second kappa shape index (κ2) is 7.03. The summed E-state index contributed by atoms with van der Waals surface area (Å²) in [5.41, 5.74) is 0.215. The lowest BCUT2D eigenvalue weighted by Gasteiger charge is -2.16. The van der Waals surface area contributed by atoms with Gasteiger partial charge in [0.25, 0.3) is 5.91 Å². The minimum Gasteiger partial charge on any atom is -0.490 e. The average Bonchev–Trinajstić information content (AvgIpc) is 2.75. The van der Waals surface area contributed by atoms with Gasteiger partial charge in [0.05, 0.1) is 12.0 Å². The first-order valence-corrected chi connectivity index (χ1v) is 6.96. The van der Waals surface area contributed by atoms with Crippen LogP contribution in [0.25, 0.3) is 0 Å². The van der Waals surface area contributed by atoms with E-state index < -0.39 is 4.92 Å². The zero-order valence-corrected chi connectivity index (χ0v) is 11.9. The van der Waals surface area contributed by atoms with Gasteiger partial charge in [0.1, 0.15) is 0 Å². The summed E-state index contributed by atoms with van der Waals surface area (Å²) in [6, 6.07) is 4.22. The van der Waals surface area contributed by atoms with E-state index in [1.807, 2.05) is 0 Å². The molecule has 1 aliphatic heterocycles. The van der Waals surface area contributed by atoms with Crippen molar-refractivity contribution in [3.05, 3.63) is 33.9 Å². The molecular weight excluding hydrogens is 274 g/mol. The molecule has 2 rings (SSSR count). The number of methoxy groups -OCH3 is 1. The van der Waals surface area contributed by atoms with Crippen LogP contribution >= 0.6 is 0 Å². The summed E-state index contributed by atoms with van der Waals surface area (Å²) >= 11 is 0. The molecule has 0 spiro atoms. The van der Waals surface area contributed by atoms with Crippen LogP contribution in [0.1, 0.15) is 29.6 Å². The van der Waals surface area contributed by atoms with Crippen LogP contribution in [0.15, 0.2) is 18.2 Å². The normalized spacial score (nSPS) is 18.6. The van der Waals surface area contributed by atoms with E-state index in [2.05, 4.69) is 10.6 Å². The van der Waals surface area contributed by atoms with Crippen molar-refractivity contribution in [3.63, 3.8) is 0 Å². The molecule has 1 fully saturated rings. The Labute approximate surface area is 122 Å². The number of carbonyl (C=O) groups is 1. The number of nitrogens with zero attached hydrogens (tertiary/aromatic N) is 1. The second-order valence-corrected chi connectivity index (χ2v) is 5.01. The summed E-state index contributed by atoms with van der Waals surface area (Å²) in [6.07, 6.45) is 3.11. The third-order valence-corrected chi connectivity index (χ3v) is 3.52. The lowest BCUT2D eigenvalue weighted by molar-refractivity contribution is -0.385. The smallest absolute Gasteiger partial charge is 0.310 e. The first-order chi connectivity index (χ1) is 10.1. The number of hydrogen-bond donors (Lipinski definition) is 2. The maximum Gasteiger partial charge on any atom is 0.310 e. The number of hydrogen-bond acceptors (Lipinski definition) is 5. The van der Waals surface area contributed by atoms with Crippen LogP contribution in [-0.4, -0.2) is 37.1 Å². The number of amides is 1. The van der Waals surface area contributed by atoms with Crippen molar-refractivity contribution in [2.45, 2.75) is 25.3 Å². The van der Waals surface area contributed by atoms with E-state index in [1.54, 1.807) is 0 Å². The van der Waals surface area contributed by atoms with E-state index in [4.69, 9.17) is 4.74 Å². The maximum absolute atomic E-state index is 12.2. The van der Waals surface area contributed by atoms with Gasteiger partial charge in [-0.15, -0.1) is 0 Å². The number of ether oxygens (including phenoxy) is 1. The molecule has 7 nitrogen and oxygen atoms in total. The van der Waals surface area contributed by atoms with Crippen LogP contribution < -0.4 is 15.4 Å². The van der Waals surface area contributed by atoms with Gasteiger partial charge in [-0.05, 0) is 25.5 Å². The standard InChI is InChI=1S/C14H19N3O4/c1-21-13-8-10(5-6-12(13)17(19)20)14(18)16-11-4-2-3-7-15-9-11/h5-6,8,11,15H,2-4,7,9H2,1H3,(H,16,18). The molecule has 7 heteroatoms. The summed E-state index contributed by atoms with van der Waals surface area (Å²) in [4.78, 5) is 22.5. The van der Waals surface area contributed by atoms with Gasteiger partial charge in [0.2, 0.25) is 0 Å². The summed E-state index contributed by atoms with van der Waals surface area (Å²) in [6.45, 7) is 1.72. The van der Waals surface area contributed by atoms with Gasteiger partial charge in [0, 0.05) is 30.3 Å². The van der Waals surface area contributed by atoms with E-state index in [-0.39, 0.29) is 23.4 Å². The zero-order chi connectivity index (χ0) is 15.2. The van der Waals surface area contributed by atoms with Gasteiger partial charge < -0.3 is 15.4 Å². The SMILES string of the molecule is COc1cc(C(=O)NC2CCCCNC2)ccc1[N+](=O)[O-]. The zero-order valence-electron chi connectivity index (χ0n) is 11.9. The quantitative estimate of drug-likeness (QED) is 0.647. The largest absolute Gasteiger partial charge is 0.490 e. The fourth-order valence-electron chi connectivity index (χ4n) is 2.38. The monoisotopic (exact) mass is 293 g/mol. The van der Waals surface area contributed by atoms with Gasteiger partial charge in [-0.25, -0.2) is 0 Å². The van der Waals surface area contributed by atoms with E-state index in [1.165, 1.54) is 25.3 Å². The first-order valence-electron chi connectivity index (χ1n) is 6.96. The highest BCUT2D eigenvalue weighted by Crippen LogP contribution is 2.27. The number of carbonyl (C=O) groups excluding carboxylic acids is 1. The molecule has 0 aromatic heterocycles. The number of nitro groups is 1. The topological polar surface area (TPSA) is 93.5 Å². The molecule has 0 aliphatic carbocycles. The molecule has 1 aromatic carbocycles.